The lowest BCUT2D eigenvalue weighted by Gasteiger charge is -2.05. The number of hydrogen-bond acceptors (Lipinski definition) is 6. The minimum atomic E-state index is 0.335. The lowest BCUT2D eigenvalue weighted by Crippen LogP contribution is -2.37. The number of pyridine rings is 2. The van der Waals surface area contributed by atoms with Gasteiger partial charge in [0.1, 0.15) is 12.2 Å². The molecular weight excluding hydrogens is 399 g/mol. The molecule has 3 aromatic heterocycles. The molecule has 0 spiro atoms. The molecule has 0 bridgehead atoms. The van der Waals surface area contributed by atoms with E-state index in [1.807, 2.05) is 54.7 Å². The van der Waals surface area contributed by atoms with Crippen molar-refractivity contribution in [1.29, 1.82) is 0 Å². The van der Waals surface area contributed by atoms with E-state index in [2.05, 4.69) is 31.7 Å². The third-order valence-electron chi connectivity index (χ3n) is 4.59. The zero-order valence-electron chi connectivity index (χ0n) is 16.3. The van der Waals surface area contributed by atoms with E-state index in [-0.39, 0.29) is 0 Å². The monoisotopic (exact) mass is 421 g/mol. The maximum absolute atomic E-state index is 6.22. The number of ether oxygens (including phenoxy) is 1. The van der Waals surface area contributed by atoms with Crippen molar-refractivity contribution in [2.24, 2.45) is 0 Å². The highest BCUT2D eigenvalue weighted by Gasteiger charge is 2.17. The minimum absolute atomic E-state index is 0.335. The van der Waals surface area contributed by atoms with E-state index in [1.54, 1.807) is 10.8 Å². The summed E-state index contributed by atoms with van der Waals surface area (Å²) in [4.78, 5) is 4.16. The SMILES string of the molecule is Nc1c(-c2cc(Cc3ccc(COc4ccccn4)cc3)no2)ccc[n+]1COP. The maximum Gasteiger partial charge on any atom is 0.285 e. The summed E-state index contributed by atoms with van der Waals surface area (Å²) in [6.07, 6.45) is 4.22. The van der Waals surface area contributed by atoms with E-state index < -0.39 is 0 Å². The standard InChI is InChI=1S/C22H21N4O3P/c23-22-19(4-3-11-26(22)15-28-30)20-13-18(25-29-20)12-16-6-8-17(9-7-16)14-27-21-5-1-2-10-24-21/h1-11,13,23H,12,14-15,30H2/p+1. The van der Waals surface area contributed by atoms with Crippen molar-refractivity contribution < 1.29 is 18.4 Å². The summed E-state index contributed by atoms with van der Waals surface area (Å²) in [5.41, 5.74) is 10.0. The van der Waals surface area contributed by atoms with E-state index in [0.29, 0.717) is 37.2 Å². The number of hydrogen-bond donors (Lipinski definition) is 1. The van der Waals surface area contributed by atoms with Crippen molar-refractivity contribution in [3.63, 3.8) is 0 Å². The van der Waals surface area contributed by atoms with Crippen molar-refractivity contribution in [1.82, 2.24) is 10.1 Å². The second-order valence-corrected chi connectivity index (χ2v) is 7.04. The van der Waals surface area contributed by atoms with Crippen LogP contribution in [0.4, 0.5) is 5.82 Å². The Hall–Kier alpha value is -3.28. The molecule has 1 aromatic carbocycles. The second-order valence-electron chi connectivity index (χ2n) is 6.71. The fourth-order valence-corrected chi connectivity index (χ4v) is 3.20. The Kier molecular flexibility index (Phi) is 6.32. The third-order valence-corrected chi connectivity index (χ3v) is 4.73. The maximum atomic E-state index is 6.22. The van der Waals surface area contributed by atoms with Gasteiger partial charge in [-0.05, 0) is 29.3 Å². The van der Waals surface area contributed by atoms with E-state index in [1.165, 1.54) is 0 Å². The molecule has 4 rings (SSSR count). The second kappa shape index (κ2) is 9.48. The number of aromatic nitrogens is 3. The molecule has 0 radical (unpaired) electrons. The van der Waals surface area contributed by atoms with Crippen LogP contribution in [0.25, 0.3) is 11.3 Å². The van der Waals surface area contributed by atoms with Crippen molar-refractivity contribution in [2.45, 2.75) is 19.8 Å². The molecule has 0 saturated heterocycles. The lowest BCUT2D eigenvalue weighted by molar-refractivity contribution is -0.710. The predicted octanol–water partition coefficient (Wildman–Crippen LogP) is 3.54. The molecular formula is C22H22N4O3P+. The Bertz CT molecular complexity index is 1100. The van der Waals surface area contributed by atoms with Gasteiger partial charge in [0.2, 0.25) is 5.88 Å². The quantitative estimate of drug-likeness (QED) is 0.346. The normalized spacial score (nSPS) is 10.8. The van der Waals surface area contributed by atoms with Gasteiger partial charge in [-0.3, -0.25) is 5.73 Å². The van der Waals surface area contributed by atoms with Crippen LogP contribution in [0.1, 0.15) is 16.8 Å². The van der Waals surface area contributed by atoms with Gasteiger partial charge in [-0.15, -0.1) is 0 Å². The fraction of sp³-hybridized carbons (Fsp3) is 0.136. The third kappa shape index (κ3) is 4.82. The van der Waals surface area contributed by atoms with Crippen LogP contribution < -0.4 is 15.0 Å². The van der Waals surface area contributed by atoms with Crippen LogP contribution in [0.15, 0.2) is 77.6 Å². The molecule has 4 aromatic rings. The van der Waals surface area contributed by atoms with E-state index in [4.69, 9.17) is 19.5 Å². The van der Waals surface area contributed by atoms with E-state index in [9.17, 15) is 0 Å². The Labute approximate surface area is 176 Å². The van der Waals surface area contributed by atoms with Crippen molar-refractivity contribution >= 4 is 15.3 Å². The Morgan fingerprint density at radius 2 is 1.87 bits per heavy atom. The number of nitrogens with two attached hydrogens (primary N) is 1. The van der Waals surface area contributed by atoms with E-state index in [0.717, 1.165) is 22.4 Å². The molecule has 152 valence electrons. The molecule has 3 heterocycles. The van der Waals surface area contributed by atoms with Gasteiger partial charge in [-0.2, -0.15) is 0 Å². The molecule has 1 atom stereocenters. The average molecular weight is 421 g/mol. The van der Waals surface area contributed by atoms with Gasteiger partial charge < -0.3 is 13.8 Å². The van der Waals surface area contributed by atoms with Crippen molar-refractivity contribution in [3.05, 3.63) is 89.9 Å². The van der Waals surface area contributed by atoms with Crippen LogP contribution in [0.5, 0.6) is 5.88 Å². The number of anilines is 1. The van der Waals surface area contributed by atoms with Crippen LogP contribution in [0, 0.1) is 0 Å². The highest BCUT2D eigenvalue weighted by Crippen LogP contribution is 2.25. The highest BCUT2D eigenvalue weighted by molar-refractivity contribution is 7.09. The summed E-state index contributed by atoms with van der Waals surface area (Å²) >= 11 is 0. The molecule has 0 aliphatic carbocycles. The minimum Gasteiger partial charge on any atom is -0.473 e. The first kappa shape index (κ1) is 20.0. The molecule has 30 heavy (non-hydrogen) atoms. The molecule has 0 saturated carbocycles. The van der Waals surface area contributed by atoms with E-state index >= 15 is 0 Å². The molecule has 1 unspecified atom stereocenters. The topological polar surface area (TPSA) is 87.3 Å². The van der Waals surface area contributed by atoms with Crippen molar-refractivity contribution in [2.75, 3.05) is 5.73 Å². The number of nitrogens with zero attached hydrogens (tertiary/aromatic N) is 3. The molecule has 7 nitrogen and oxygen atoms in total. The first-order valence-electron chi connectivity index (χ1n) is 9.40. The molecule has 8 heteroatoms. The molecule has 2 N–H and O–H groups in total. The summed E-state index contributed by atoms with van der Waals surface area (Å²) in [7, 11) is 2.21. The van der Waals surface area contributed by atoms with Crippen LogP contribution in [0.2, 0.25) is 0 Å². The molecule has 0 aliphatic heterocycles. The zero-order valence-corrected chi connectivity index (χ0v) is 17.4. The van der Waals surface area contributed by atoms with Crippen LogP contribution in [0.3, 0.4) is 0 Å². The highest BCUT2D eigenvalue weighted by atomic mass is 31.0. The van der Waals surface area contributed by atoms with Gasteiger partial charge in [0, 0.05) is 34.2 Å². The number of benzene rings is 1. The first-order valence-corrected chi connectivity index (χ1v) is 9.87. The summed E-state index contributed by atoms with van der Waals surface area (Å²) in [6.45, 7) is 0.806. The van der Waals surface area contributed by atoms with Gasteiger partial charge in [0.05, 0.1) is 11.9 Å². The summed E-state index contributed by atoms with van der Waals surface area (Å²) in [5, 5.41) is 4.19. The number of rotatable bonds is 8. The summed E-state index contributed by atoms with van der Waals surface area (Å²) in [6, 6.07) is 19.5. The van der Waals surface area contributed by atoms with Crippen LogP contribution >= 0.6 is 9.47 Å². The molecule has 0 fully saturated rings. The zero-order chi connectivity index (χ0) is 20.8. The largest absolute Gasteiger partial charge is 0.473 e. The van der Waals surface area contributed by atoms with Gasteiger partial charge in [0.25, 0.3) is 5.82 Å². The van der Waals surface area contributed by atoms with Gasteiger partial charge in [-0.1, -0.05) is 35.5 Å². The first-order chi connectivity index (χ1) is 14.7. The Morgan fingerprint density at radius 3 is 2.63 bits per heavy atom. The van der Waals surface area contributed by atoms with Crippen LogP contribution in [-0.4, -0.2) is 10.1 Å². The van der Waals surface area contributed by atoms with Gasteiger partial charge in [-0.25, -0.2) is 9.55 Å². The smallest absolute Gasteiger partial charge is 0.285 e. The summed E-state index contributed by atoms with van der Waals surface area (Å²) in [5.74, 6) is 1.79. The molecule has 0 aliphatic rings. The fourth-order valence-electron chi connectivity index (χ4n) is 3.04. The van der Waals surface area contributed by atoms with Crippen LogP contribution in [-0.2, 0) is 24.3 Å². The van der Waals surface area contributed by atoms with Gasteiger partial charge in [0.15, 0.2) is 12.5 Å². The average Bonchev–Trinajstić information content (AvgIpc) is 3.24. The Morgan fingerprint density at radius 1 is 1.03 bits per heavy atom. The number of nitrogen functional groups attached to an aromatic ring is 1. The van der Waals surface area contributed by atoms with Crippen molar-refractivity contribution in [3.8, 4) is 17.2 Å². The Balaban J connectivity index is 1.41. The molecule has 0 amide bonds. The summed E-state index contributed by atoms with van der Waals surface area (Å²) < 4.78 is 18.1. The predicted molar refractivity (Wildman–Crippen MR) is 115 cm³/mol. The van der Waals surface area contributed by atoms with Gasteiger partial charge >= 0.3 is 0 Å². The lowest BCUT2D eigenvalue weighted by atomic mass is 10.1.